The lowest BCUT2D eigenvalue weighted by Crippen LogP contribution is -2.41. The molecule has 0 unspecified atom stereocenters. The van der Waals surface area contributed by atoms with Gasteiger partial charge in [0.05, 0.1) is 6.10 Å². The van der Waals surface area contributed by atoms with Crippen molar-refractivity contribution in [2.45, 2.75) is 45.8 Å². The highest BCUT2D eigenvalue weighted by Gasteiger charge is 2.23. The fourth-order valence-corrected chi connectivity index (χ4v) is 1.81. The lowest BCUT2D eigenvalue weighted by atomic mass is 9.98. The van der Waals surface area contributed by atoms with Crippen LogP contribution in [0.1, 0.15) is 34.1 Å². The van der Waals surface area contributed by atoms with E-state index in [0.717, 1.165) is 17.9 Å². The number of aliphatic hydroxyl groups excluding tert-OH is 1. The smallest absolute Gasteiger partial charge is 0.119 e. The predicted octanol–water partition coefficient (Wildman–Crippen LogP) is 3.07. The molecule has 0 aliphatic rings. The van der Waals surface area contributed by atoms with E-state index in [1.54, 1.807) is 0 Å². The molecular weight excluding hydrogens is 226 g/mol. The average molecular weight is 251 g/mol. The first-order valence-corrected chi connectivity index (χ1v) is 6.48. The molecule has 3 heteroatoms. The fourth-order valence-electron chi connectivity index (χ4n) is 1.81. The van der Waals surface area contributed by atoms with Crippen LogP contribution in [0.5, 0.6) is 5.75 Å². The molecule has 0 spiro atoms. The van der Waals surface area contributed by atoms with Crippen molar-refractivity contribution in [3.63, 3.8) is 0 Å². The first-order chi connectivity index (χ1) is 8.36. The third-order valence-electron chi connectivity index (χ3n) is 3.23. The van der Waals surface area contributed by atoms with Crippen LogP contribution in [-0.2, 0) is 0 Å². The number of hydrogen-bond acceptors (Lipinski definition) is 3. The van der Waals surface area contributed by atoms with Crippen LogP contribution in [0.25, 0.3) is 0 Å². The second-order valence-corrected chi connectivity index (χ2v) is 5.51. The van der Waals surface area contributed by atoms with Crippen molar-refractivity contribution in [1.29, 1.82) is 0 Å². The Morgan fingerprint density at radius 2 is 1.78 bits per heavy atom. The SMILES string of the molecule is CC(C)Oc1ccc(N(C)C(C)(C)CCO)cc1. The molecule has 102 valence electrons. The summed E-state index contributed by atoms with van der Waals surface area (Å²) in [6.45, 7) is 8.49. The Balaban J connectivity index is 2.78. The van der Waals surface area contributed by atoms with Crippen LogP contribution in [-0.4, -0.2) is 30.4 Å². The Kier molecular flexibility index (Phi) is 5.03. The molecule has 1 aromatic carbocycles. The van der Waals surface area contributed by atoms with Crippen LogP contribution in [0.4, 0.5) is 5.69 Å². The topological polar surface area (TPSA) is 32.7 Å². The highest BCUT2D eigenvalue weighted by Crippen LogP contribution is 2.26. The van der Waals surface area contributed by atoms with E-state index in [1.165, 1.54) is 0 Å². The standard InChI is InChI=1S/C15H25NO2/c1-12(2)18-14-8-6-13(7-9-14)16(5)15(3,4)10-11-17/h6-9,12,17H,10-11H2,1-5H3. The van der Waals surface area contributed by atoms with E-state index in [-0.39, 0.29) is 18.2 Å². The number of anilines is 1. The van der Waals surface area contributed by atoms with Crippen LogP contribution < -0.4 is 9.64 Å². The molecule has 0 saturated heterocycles. The third kappa shape index (κ3) is 3.91. The van der Waals surface area contributed by atoms with Crippen molar-refractivity contribution >= 4 is 5.69 Å². The minimum Gasteiger partial charge on any atom is -0.491 e. The molecule has 0 heterocycles. The number of benzene rings is 1. The van der Waals surface area contributed by atoms with Gasteiger partial charge < -0.3 is 14.7 Å². The van der Waals surface area contributed by atoms with Crippen molar-refractivity contribution in [3.05, 3.63) is 24.3 Å². The number of aliphatic hydroxyl groups is 1. The summed E-state index contributed by atoms with van der Waals surface area (Å²) in [4.78, 5) is 2.18. The first-order valence-electron chi connectivity index (χ1n) is 6.48. The van der Waals surface area contributed by atoms with Crippen molar-refractivity contribution in [2.75, 3.05) is 18.6 Å². The molecule has 0 radical (unpaired) electrons. The van der Waals surface area contributed by atoms with Gasteiger partial charge in [0, 0.05) is 24.9 Å². The Morgan fingerprint density at radius 1 is 1.22 bits per heavy atom. The van der Waals surface area contributed by atoms with Gasteiger partial charge in [-0.1, -0.05) is 0 Å². The summed E-state index contributed by atoms with van der Waals surface area (Å²) >= 11 is 0. The summed E-state index contributed by atoms with van der Waals surface area (Å²) in [5, 5.41) is 9.09. The molecule has 0 saturated carbocycles. The van der Waals surface area contributed by atoms with Crippen molar-refractivity contribution < 1.29 is 9.84 Å². The minimum absolute atomic E-state index is 0.0603. The van der Waals surface area contributed by atoms with E-state index in [4.69, 9.17) is 9.84 Å². The Hall–Kier alpha value is -1.22. The number of nitrogens with zero attached hydrogens (tertiary/aromatic N) is 1. The molecule has 0 bridgehead atoms. The summed E-state index contributed by atoms with van der Waals surface area (Å²) in [6, 6.07) is 8.08. The van der Waals surface area contributed by atoms with Crippen molar-refractivity contribution in [2.24, 2.45) is 0 Å². The van der Waals surface area contributed by atoms with Gasteiger partial charge in [-0.05, 0) is 58.4 Å². The Labute approximate surface area is 110 Å². The van der Waals surface area contributed by atoms with Gasteiger partial charge in [-0.25, -0.2) is 0 Å². The molecule has 3 nitrogen and oxygen atoms in total. The summed E-state index contributed by atoms with van der Waals surface area (Å²) < 4.78 is 5.62. The van der Waals surface area contributed by atoms with Gasteiger partial charge in [-0.2, -0.15) is 0 Å². The molecule has 1 rings (SSSR count). The van der Waals surface area contributed by atoms with Crippen LogP contribution in [0.3, 0.4) is 0 Å². The van der Waals surface area contributed by atoms with Crippen LogP contribution >= 0.6 is 0 Å². The first kappa shape index (κ1) is 14.8. The quantitative estimate of drug-likeness (QED) is 0.843. The zero-order valence-electron chi connectivity index (χ0n) is 12.1. The monoisotopic (exact) mass is 251 g/mol. The molecule has 0 atom stereocenters. The van der Waals surface area contributed by atoms with E-state index in [9.17, 15) is 0 Å². The van der Waals surface area contributed by atoms with E-state index in [1.807, 2.05) is 33.0 Å². The molecule has 1 aromatic rings. The second kappa shape index (κ2) is 6.10. The predicted molar refractivity (Wildman–Crippen MR) is 76.4 cm³/mol. The molecule has 0 aliphatic carbocycles. The van der Waals surface area contributed by atoms with Gasteiger partial charge in [-0.15, -0.1) is 0 Å². The maximum Gasteiger partial charge on any atom is 0.119 e. The molecule has 18 heavy (non-hydrogen) atoms. The number of rotatable bonds is 6. The van der Waals surface area contributed by atoms with E-state index in [2.05, 4.69) is 30.9 Å². The Bertz CT molecular complexity index is 357. The third-order valence-corrected chi connectivity index (χ3v) is 3.23. The summed E-state index contributed by atoms with van der Waals surface area (Å²) in [7, 11) is 2.05. The van der Waals surface area contributed by atoms with Gasteiger partial charge in [-0.3, -0.25) is 0 Å². The molecule has 0 fully saturated rings. The molecule has 1 N–H and O–H groups in total. The summed E-state index contributed by atoms with van der Waals surface area (Å²) in [6.07, 6.45) is 0.938. The zero-order chi connectivity index (χ0) is 13.8. The van der Waals surface area contributed by atoms with Crippen LogP contribution in [0.2, 0.25) is 0 Å². The summed E-state index contributed by atoms with van der Waals surface area (Å²) in [5.74, 6) is 0.891. The molecule has 0 aliphatic heterocycles. The van der Waals surface area contributed by atoms with Gasteiger partial charge in [0.25, 0.3) is 0 Å². The van der Waals surface area contributed by atoms with E-state index in [0.29, 0.717) is 0 Å². The van der Waals surface area contributed by atoms with Crippen LogP contribution in [0.15, 0.2) is 24.3 Å². The summed E-state index contributed by atoms with van der Waals surface area (Å²) in [5.41, 5.74) is 1.07. The van der Waals surface area contributed by atoms with Crippen molar-refractivity contribution in [1.82, 2.24) is 0 Å². The van der Waals surface area contributed by atoms with Crippen LogP contribution in [0, 0.1) is 0 Å². The minimum atomic E-state index is -0.0603. The molecule has 0 amide bonds. The number of hydrogen-bond donors (Lipinski definition) is 1. The Morgan fingerprint density at radius 3 is 2.22 bits per heavy atom. The highest BCUT2D eigenvalue weighted by atomic mass is 16.5. The van der Waals surface area contributed by atoms with Gasteiger partial charge >= 0.3 is 0 Å². The lowest BCUT2D eigenvalue weighted by molar-refractivity contribution is 0.242. The van der Waals surface area contributed by atoms with Crippen molar-refractivity contribution in [3.8, 4) is 5.75 Å². The largest absolute Gasteiger partial charge is 0.491 e. The van der Waals surface area contributed by atoms with Gasteiger partial charge in [0.15, 0.2) is 0 Å². The lowest BCUT2D eigenvalue weighted by Gasteiger charge is -2.37. The average Bonchev–Trinajstić information content (AvgIpc) is 2.28. The maximum absolute atomic E-state index is 9.09. The van der Waals surface area contributed by atoms with Gasteiger partial charge in [0.2, 0.25) is 0 Å². The fraction of sp³-hybridized carbons (Fsp3) is 0.600. The maximum atomic E-state index is 9.09. The molecule has 0 aromatic heterocycles. The number of ether oxygens (including phenoxy) is 1. The second-order valence-electron chi connectivity index (χ2n) is 5.51. The highest BCUT2D eigenvalue weighted by molar-refractivity contribution is 5.50. The van der Waals surface area contributed by atoms with Gasteiger partial charge in [0.1, 0.15) is 5.75 Å². The van der Waals surface area contributed by atoms with E-state index >= 15 is 0 Å². The molecular formula is C15H25NO2. The zero-order valence-corrected chi connectivity index (χ0v) is 12.1. The normalized spacial score (nSPS) is 11.7. The van der Waals surface area contributed by atoms with E-state index < -0.39 is 0 Å².